The monoisotopic (exact) mass is 314 g/mol. The number of rotatable bonds is 3. The molecule has 0 aliphatic heterocycles. The van der Waals surface area contributed by atoms with Gasteiger partial charge in [-0.1, -0.05) is 30.4 Å². The van der Waals surface area contributed by atoms with Crippen molar-refractivity contribution in [3.8, 4) is 0 Å². The number of fused-ring (bicyclic) bond motifs is 1. The van der Waals surface area contributed by atoms with Crippen molar-refractivity contribution < 1.29 is 4.79 Å². The van der Waals surface area contributed by atoms with E-state index in [1.165, 1.54) is 16.9 Å². The number of thiazole rings is 1. The van der Waals surface area contributed by atoms with Crippen molar-refractivity contribution in [3.05, 3.63) is 46.5 Å². The van der Waals surface area contributed by atoms with Crippen molar-refractivity contribution in [1.29, 1.82) is 0 Å². The van der Waals surface area contributed by atoms with E-state index < -0.39 is 0 Å². The molecule has 0 saturated carbocycles. The molecule has 5 nitrogen and oxygen atoms in total. The number of nitrogens with zero attached hydrogens (tertiary/aromatic N) is 4. The summed E-state index contributed by atoms with van der Waals surface area (Å²) in [7, 11) is 1.95. The van der Waals surface area contributed by atoms with Gasteiger partial charge in [0.05, 0.1) is 10.2 Å². The van der Waals surface area contributed by atoms with E-state index in [2.05, 4.69) is 29.1 Å². The summed E-state index contributed by atoms with van der Waals surface area (Å²) in [6.45, 7) is 4.85. The molecule has 0 spiro atoms. The lowest BCUT2D eigenvalue weighted by atomic mass is 10.1. The molecule has 1 aromatic carbocycles. The number of amides is 1. The third-order valence-corrected chi connectivity index (χ3v) is 4.77. The van der Waals surface area contributed by atoms with E-state index in [-0.39, 0.29) is 5.91 Å². The summed E-state index contributed by atoms with van der Waals surface area (Å²) in [5.74, 6) is -0.299. The third kappa shape index (κ3) is 2.50. The maximum absolute atomic E-state index is 12.3. The smallest absolute Gasteiger partial charge is 0.300 e. The van der Waals surface area contributed by atoms with Crippen LogP contribution in [-0.2, 0) is 20.0 Å². The molecular weight excluding hydrogens is 296 g/mol. The van der Waals surface area contributed by atoms with Gasteiger partial charge in [-0.2, -0.15) is 10.1 Å². The quantitative estimate of drug-likeness (QED) is 0.746. The van der Waals surface area contributed by atoms with E-state index in [1.54, 1.807) is 16.9 Å². The zero-order chi connectivity index (χ0) is 15.7. The molecule has 0 fully saturated rings. The number of aromatic nitrogens is 3. The van der Waals surface area contributed by atoms with Gasteiger partial charge in [-0.05, 0) is 31.0 Å². The molecule has 0 aliphatic rings. The second-order valence-corrected chi connectivity index (χ2v) is 6.04. The molecule has 0 aliphatic carbocycles. The van der Waals surface area contributed by atoms with Gasteiger partial charge in [0, 0.05) is 19.8 Å². The highest BCUT2D eigenvalue weighted by molar-refractivity contribution is 7.16. The Morgan fingerprint density at radius 1 is 1.32 bits per heavy atom. The van der Waals surface area contributed by atoms with Crippen LogP contribution in [0.15, 0.2) is 35.5 Å². The predicted octanol–water partition coefficient (Wildman–Crippen LogP) is 2.76. The maximum atomic E-state index is 12.3. The zero-order valence-corrected chi connectivity index (χ0v) is 13.7. The highest BCUT2D eigenvalue weighted by atomic mass is 32.1. The van der Waals surface area contributed by atoms with Gasteiger partial charge in [0.25, 0.3) is 5.91 Å². The molecular formula is C16H18N4OS. The Kier molecular flexibility index (Phi) is 3.94. The Labute approximate surface area is 132 Å². The Balaban J connectivity index is 2.09. The molecule has 0 saturated heterocycles. The fourth-order valence-electron chi connectivity index (χ4n) is 2.47. The lowest BCUT2D eigenvalue weighted by Crippen LogP contribution is -2.14. The molecule has 6 heteroatoms. The number of benzene rings is 1. The van der Waals surface area contributed by atoms with E-state index >= 15 is 0 Å². The second kappa shape index (κ2) is 5.88. The van der Waals surface area contributed by atoms with Crippen molar-refractivity contribution in [2.75, 3.05) is 0 Å². The summed E-state index contributed by atoms with van der Waals surface area (Å²) in [5, 5.41) is 4.21. The minimum atomic E-state index is -0.299. The molecule has 114 valence electrons. The first kappa shape index (κ1) is 14.7. The summed E-state index contributed by atoms with van der Waals surface area (Å²) in [6, 6.07) is 7.93. The second-order valence-electron chi connectivity index (χ2n) is 5.03. The molecule has 0 atom stereocenters. The van der Waals surface area contributed by atoms with Gasteiger partial charge in [-0.3, -0.25) is 9.48 Å². The van der Waals surface area contributed by atoms with Gasteiger partial charge >= 0.3 is 0 Å². The fraction of sp³-hybridized carbons (Fsp3) is 0.312. The molecule has 3 rings (SSSR count). The SMILES string of the molecule is CCc1cccc2sc(=NC(=O)c3ccn(CC)n3)n(C)c12. The summed E-state index contributed by atoms with van der Waals surface area (Å²) < 4.78 is 4.86. The number of hydrogen-bond donors (Lipinski definition) is 0. The Bertz CT molecular complexity index is 900. The van der Waals surface area contributed by atoms with Crippen molar-refractivity contribution in [3.63, 3.8) is 0 Å². The van der Waals surface area contributed by atoms with Gasteiger partial charge in [0.1, 0.15) is 0 Å². The Morgan fingerprint density at radius 2 is 2.14 bits per heavy atom. The van der Waals surface area contributed by atoms with E-state index in [0.29, 0.717) is 10.5 Å². The van der Waals surface area contributed by atoms with Crippen LogP contribution in [0.4, 0.5) is 0 Å². The Hall–Kier alpha value is -2.21. The van der Waals surface area contributed by atoms with Crippen LogP contribution in [0.1, 0.15) is 29.9 Å². The standard InChI is InChI=1S/C16H18N4OS/c1-4-11-7-6-8-13-14(11)19(3)16(22-13)17-15(21)12-9-10-20(5-2)18-12/h6-10H,4-5H2,1-3H3. The summed E-state index contributed by atoms with van der Waals surface area (Å²) >= 11 is 1.53. The third-order valence-electron chi connectivity index (χ3n) is 3.67. The molecule has 0 radical (unpaired) electrons. The molecule has 0 N–H and O–H groups in total. The van der Waals surface area contributed by atoms with Crippen LogP contribution in [0, 0.1) is 0 Å². The van der Waals surface area contributed by atoms with Crippen LogP contribution in [0.5, 0.6) is 0 Å². The first-order valence-corrected chi connectivity index (χ1v) is 8.15. The summed E-state index contributed by atoms with van der Waals surface area (Å²) in [6.07, 6.45) is 2.75. The van der Waals surface area contributed by atoms with Gasteiger partial charge < -0.3 is 4.57 Å². The number of para-hydroxylation sites is 1. The number of carbonyl (C=O) groups excluding carboxylic acids is 1. The van der Waals surface area contributed by atoms with Crippen LogP contribution < -0.4 is 4.80 Å². The average Bonchev–Trinajstić information content (AvgIpc) is 3.13. The highest BCUT2D eigenvalue weighted by Gasteiger charge is 2.11. The minimum Gasteiger partial charge on any atom is -0.319 e. The van der Waals surface area contributed by atoms with Crippen molar-refractivity contribution in [1.82, 2.24) is 14.3 Å². The van der Waals surface area contributed by atoms with Crippen LogP contribution >= 0.6 is 11.3 Å². The zero-order valence-electron chi connectivity index (χ0n) is 12.9. The molecule has 0 bridgehead atoms. The Morgan fingerprint density at radius 3 is 2.82 bits per heavy atom. The van der Waals surface area contributed by atoms with Crippen LogP contribution in [0.25, 0.3) is 10.2 Å². The number of aryl methyl sites for hydroxylation is 3. The summed E-state index contributed by atoms with van der Waals surface area (Å²) in [5.41, 5.74) is 2.80. The van der Waals surface area contributed by atoms with Crippen LogP contribution in [0.2, 0.25) is 0 Å². The van der Waals surface area contributed by atoms with Crippen molar-refractivity contribution >= 4 is 27.5 Å². The topological polar surface area (TPSA) is 52.2 Å². The van der Waals surface area contributed by atoms with Crippen molar-refractivity contribution in [2.45, 2.75) is 26.8 Å². The highest BCUT2D eigenvalue weighted by Crippen LogP contribution is 2.21. The van der Waals surface area contributed by atoms with Crippen LogP contribution in [-0.4, -0.2) is 20.3 Å². The molecule has 0 unspecified atom stereocenters. The number of carbonyl (C=O) groups is 1. The van der Waals surface area contributed by atoms with Crippen molar-refractivity contribution in [2.24, 2.45) is 12.0 Å². The molecule has 2 aromatic heterocycles. The van der Waals surface area contributed by atoms with Gasteiger partial charge in [-0.25, -0.2) is 0 Å². The molecule has 3 aromatic rings. The molecule has 22 heavy (non-hydrogen) atoms. The summed E-state index contributed by atoms with van der Waals surface area (Å²) in [4.78, 5) is 17.2. The lowest BCUT2D eigenvalue weighted by Gasteiger charge is -2.01. The number of hydrogen-bond acceptors (Lipinski definition) is 3. The fourth-order valence-corrected chi connectivity index (χ4v) is 3.54. The average molecular weight is 314 g/mol. The van der Waals surface area contributed by atoms with E-state index in [9.17, 15) is 4.79 Å². The van der Waals surface area contributed by atoms with E-state index in [1.807, 2.05) is 24.6 Å². The molecule has 2 heterocycles. The largest absolute Gasteiger partial charge is 0.319 e. The van der Waals surface area contributed by atoms with E-state index in [4.69, 9.17) is 0 Å². The molecule has 1 amide bonds. The maximum Gasteiger partial charge on any atom is 0.300 e. The lowest BCUT2D eigenvalue weighted by molar-refractivity contribution is 0.0992. The van der Waals surface area contributed by atoms with Gasteiger partial charge in [-0.15, -0.1) is 0 Å². The minimum absolute atomic E-state index is 0.299. The first-order chi connectivity index (χ1) is 10.6. The predicted molar refractivity (Wildman–Crippen MR) is 88.0 cm³/mol. The van der Waals surface area contributed by atoms with E-state index in [0.717, 1.165) is 23.2 Å². The van der Waals surface area contributed by atoms with Gasteiger partial charge in [0.2, 0.25) is 0 Å². The van der Waals surface area contributed by atoms with Gasteiger partial charge in [0.15, 0.2) is 10.5 Å². The first-order valence-electron chi connectivity index (χ1n) is 7.34. The normalized spacial score (nSPS) is 12.2. The van der Waals surface area contributed by atoms with Crippen LogP contribution in [0.3, 0.4) is 0 Å².